The SMILES string of the molecule is Cc1cc(Cl)ccc1NC(=O)c1cccnc1SCC(F)(F)F. The number of benzene rings is 1. The number of hydrogen-bond acceptors (Lipinski definition) is 3. The second-order valence-corrected chi connectivity index (χ2v) is 6.07. The van der Waals surface area contributed by atoms with E-state index in [1.54, 1.807) is 25.1 Å². The van der Waals surface area contributed by atoms with Gasteiger partial charge in [-0.05, 0) is 42.8 Å². The molecule has 0 atom stereocenters. The summed E-state index contributed by atoms with van der Waals surface area (Å²) < 4.78 is 37.1. The molecule has 23 heavy (non-hydrogen) atoms. The Morgan fingerprint density at radius 1 is 1.35 bits per heavy atom. The lowest BCUT2D eigenvalue weighted by atomic mass is 10.2. The van der Waals surface area contributed by atoms with Crippen molar-refractivity contribution in [3.8, 4) is 0 Å². The molecule has 0 bridgehead atoms. The van der Waals surface area contributed by atoms with Gasteiger partial charge in [0, 0.05) is 16.9 Å². The van der Waals surface area contributed by atoms with Gasteiger partial charge < -0.3 is 5.32 Å². The Hall–Kier alpha value is -1.73. The lowest BCUT2D eigenvalue weighted by Gasteiger charge is -2.11. The van der Waals surface area contributed by atoms with Crippen LogP contribution in [0.2, 0.25) is 5.02 Å². The number of carbonyl (C=O) groups is 1. The molecular formula is C15H12ClF3N2OS. The Balaban J connectivity index is 2.19. The minimum Gasteiger partial charge on any atom is -0.322 e. The van der Waals surface area contributed by atoms with Gasteiger partial charge >= 0.3 is 6.18 Å². The summed E-state index contributed by atoms with van der Waals surface area (Å²) in [5, 5.41) is 3.23. The number of pyridine rings is 1. The summed E-state index contributed by atoms with van der Waals surface area (Å²) in [5.74, 6) is -1.63. The summed E-state index contributed by atoms with van der Waals surface area (Å²) in [6.45, 7) is 1.77. The standard InChI is InChI=1S/C15H12ClF3N2OS/c1-9-7-10(16)4-5-12(9)21-13(22)11-3-2-6-20-14(11)23-8-15(17,18)19/h2-7H,8H2,1H3,(H,21,22). The predicted octanol–water partition coefficient (Wildman–Crippen LogP) is 4.95. The Labute approximate surface area is 140 Å². The molecule has 0 radical (unpaired) electrons. The second kappa shape index (κ2) is 7.23. The number of anilines is 1. The number of halogens is 4. The number of hydrogen-bond donors (Lipinski definition) is 1. The molecule has 1 heterocycles. The molecule has 122 valence electrons. The third-order valence-electron chi connectivity index (χ3n) is 2.82. The first-order valence-electron chi connectivity index (χ1n) is 6.48. The Morgan fingerprint density at radius 3 is 2.74 bits per heavy atom. The van der Waals surface area contributed by atoms with E-state index in [2.05, 4.69) is 10.3 Å². The Morgan fingerprint density at radius 2 is 2.09 bits per heavy atom. The van der Waals surface area contributed by atoms with Crippen LogP contribution in [0.5, 0.6) is 0 Å². The summed E-state index contributed by atoms with van der Waals surface area (Å²) in [6, 6.07) is 7.87. The minimum atomic E-state index is -4.33. The number of amides is 1. The largest absolute Gasteiger partial charge is 0.398 e. The number of nitrogens with one attached hydrogen (secondary N) is 1. The van der Waals surface area contributed by atoms with Gasteiger partial charge in [0.1, 0.15) is 5.03 Å². The van der Waals surface area contributed by atoms with Gasteiger partial charge in [-0.1, -0.05) is 23.4 Å². The van der Waals surface area contributed by atoms with Gasteiger partial charge in [-0.25, -0.2) is 4.98 Å². The lowest BCUT2D eigenvalue weighted by Crippen LogP contribution is -2.16. The van der Waals surface area contributed by atoms with Gasteiger partial charge in [0.05, 0.1) is 11.3 Å². The first-order chi connectivity index (χ1) is 10.8. The van der Waals surface area contributed by atoms with Crippen molar-refractivity contribution in [2.45, 2.75) is 18.1 Å². The van der Waals surface area contributed by atoms with Gasteiger partial charge in [-0.2, -0.15) is 13.2 Å². The van der Waals surface area contributed by atoms with Crippen molar-refractivity contribution in [2.24, 2.45) is 0 Å². The number of thioether (sulfide) groups is 1. The van der Waals surface area contributed by atoms with Crippen LogP contribution in [0.15, 0.2) is 41.6 Å². The maximum Gasteiger partial charge on any atom is 0.398 e. The molecule has 0 aliphatic rings. The van der Waals surface area contributed by atoms with E-state index in [1.165, 1.54) is 18.3 Å². The molecule has 0 saturated heterocycles. The lowest BCUT2D eigenvalue weighted by molar-refractivity contribution is -0.105. The topological polar surface area (TPSA) is 42.0 Å². The molecule has 0 spiro atoms. The number of carbonyl (C=O) groups excluding carboxylic acids is 1. The van der Waals surface area contributed by atoms with Crippen LogP contribution in [0, 0.1) is 6.92 Å². The monoisotopic (exact) mass is 360 g/mol. The van der Waals surface area contributed by atoms with Crippen molar-refractivity contribution >= 4 is 35.0 Å². The quantitative estimate of drug-likeness (QED) is 0.784. The van der Waals surface area contributed by atoms with Crippen LogP contribution in [0.1, 0.15) is 15.9 Å². The van der Waals surface area contributed by atoms with E-state index in [9.17, 15) is 18.0 Å². The number of aryl methyl sites for hydroxylation is 1. The van der Waals surface area contributed by atoms with Crippen molar-refractivity contribution in [1.29, 1.82) is 0 Å². The highest BCUT2D eigenvalue weighted by Gasteiger charge is 2.28. The van der Waals surface area contributed by atoms with Gasteiger partial charge in [-0.15, -0.1) is 0 Å². The molecule has 2 rings (SSSR count). The van der Waals surface area contributed by atoms with E-state index in [-0.39, 0.29) is 10.6 Å². The molecule has 0 aliphatic heterocycles. The highest BCUT2D eigenvalue weighted by molar-refractivity contribution is 7.99. The van der Waals surface area contributed by atoms with E-state index in [0.717, 1.165) is 5.56 Å². The van der Waals surface area contributed by atoms with Gasteiger partial charge in [0.2, 0.25) is 0 Å². The Kier molecular flexibility index (Phi) is 5.54. The number of aromatic nitrogens is 1. The zero-order valence-corrected chi connectivity index (χ0v) is 13.5. The first-order valence-corrected chi connectivity index (χ1v) is 7.85. The molecule has 0 fully saturated rings. The highest BCUT2D eigenvalue weighted by Crippen LogP contribution is 2.28. The molecular weight excluding hydrogens is 349 g/mol. The normalized spacial score (nSPS) is 11.3. The maximum atomic E-state index is 12.4. The first kappa shape index (κ1) is 17.6. The second-order valence-electron chi connectivity index (χ2n) is 4.67. The smallest absolute Gasteiger partial charge is 0.322 e. The molecule has 2 aromatic rings. The van der Waals surface area contributed by atoms with Crippen LogP contribution in [-0.2, 0) is 0 Å². The molecule has 0 unspecified atom stereocenters. The molecule has 3 nitrogen and oxygen atoms in total. The van der Waals surface area contributed by atoms with Crippen LogP contribution in [0.3, 0.4) is 0 Å². The van der Waals surface area contributed by atoms with Gasteiger partial charge in [0.25, 0.3) is 5.91 Å². The predicted molar refractivity (Wildman–Crippen MR) is 85.2 cm³/mol. The van der Waals surface area contributed by atoms with Crippen LogP contribution in [0.4, 0.5) is 18.9 Å². The van der Waals surface area contributed by atoms with E-state index >= 15 is 0 Å². The molecule has 1 amide bonds. The maximum absolute atomic E-state index is 12.4. The summed E-state index contributed by atoms with van der Waals surface area (Å²) in [4.78, 5) is 16.2. The molecule has 1 N–H and O–H groups in total. The molecule has 1 aromatic heterocycles. The van der Waals surface area contributed by atoms with E-state index in [0.29, 0.717) is 22.5 Å². The van der Waals surface area contributed by atoms with Crippen LogP contribution < -0.4 is 5.32 Å². The summed E-state index contributed by atoms with van der Waals surface area (Å²) >= 11 is 6.33. The summed E-state index contributed by atoms with van der Waals surface area (Å²) in [7, 11) is 0. The summed E-state index contributed by atoms with van der Waals surface area (Å²) in [5.41, 5.74) is 1.38. The van der Waals surface area contributed by atoms with Gasteiger partial charge in [0.15, 0.2) is 0 Å². The zero-order chi connectivity index (χ0) is 17.0. The van der Waals surface area contributed by atoms with E-state index in [4.69, 9.17) is 11.6 Å². The van der Waals surface area contributed by atoms with Crippen molar-refractivity contribution in [1.82, 2.24) is 4.98 Å². The van der Waals surface area contributed by atoms with Crippen LogP contribution in [0.25, 0.3) is 0 Å². The molecule has 1 aromatic carbocycles. The fourth-order valence-electron chi connectivity index (χ4n) is 1.79. The van der Waals surface area contributed by atoms with Gasteiger partial charge in [-0.3, -0.25) is 4.79 Å². The van der Waals surface area contributed by atoms with Crippen molar-refractivity contribution in [3.05, 3.63) is 52.7 Å². The van der Waals surface area contributed by atoms with Crippen molar-refractivity contribution in [2.75, 3.05) is 11.1 Å². The fraction of sp³-hybridized carbons (Fsp3) is 0.200. The minimum absolute atomic E-state index is 0.0361. The number of rotatable bonds is 4. The average Bonchev–Trinajstić information content (AvgIpc) is 2.47. The average molecular weight is 361 g/mol. The van der Waals surface area contributed by atoms with Crippen molar-refractivity contribution < 1.29 is 18.0 Å². The van der Waals surface area contributed by atoms with E-state index in [1.807, 2.05) is 0 Å². The molecule has 0 aliphatic carbocycles. The highest BCUT2D eigenvalue weighted by atomic mass is 35.5. The van der Waals surface area contributed by atoms with E-state index < -0.39 is 17.8 Å². The van der Waals surface area contributed by atoms with Crippen LogP contribution in [-0.4, -0.2) is 22.8 Å². The third kappa shape index (κ3) is 5.14. The Bertz CT molecular complexity index is 722. The third-order valence-corrected chi connectivity index (χ3v) is 4.13. The number of alkyl halides is 3. The molecule has 0 saturated carbocycles. The van der Waals surface area contributed by atoms with Crippen LogP contribution >= 0.6 is 23.4 Å². The van der Waals surface area contributed by atoms with Crippen molar-refractivity contribution in [3.63, 3.8) is 0 Å². The summed E-state index contributed by atoms with van der Waals surface area (Å²) in [6.07, 6.45) is -2.98. The zero-order valence-electron chi connectivity index (χ0n) is 11.9. The fourth-order valence-corrected chi connectivity index (χ4v) is 2.76. The molecule has 8 heteroatoms. The number of nitrogens with zero attached hydrogens (tertiary/aromatic N) is 1.